The van der Waals surface area contributed by atoms with Gasteiger partial charge in [-0.05, 0) is 23.8 Å². The summed E-state index contributed by atoms with van der Waals surface area (Å²) in [6.07, 6.45) is 7.80. The summed E-state index contributed by atoms with van der Waals surface area (Å²) < 4.78 is 0. The summed E-state index contributed by atoms with van der Waals surface area (Å²) in [7, 11) is 0. The minimum atomic E-state index is -0.0221. The zero-order valence-electron chi connectivity index (χ0n) is 10.6. The second-order valence-corrected chi connectivity index (χ2v) is 5.39. The van der Waals surface area contributed by atoms with Gasteiger partial charge < -0.3 is 10.2 Å². The van der Waals surface area contributed by atoms with Crippen LogP contribution in [0.25, 0.3) is 0 Å². The maximum atomic E-state index is 12.0. The number of amides is 2. The van der Waals surface area contributed by atoms with Crippen LogP contribution in [0.5, 0.6) is 0 Å². The third-order valence-electron chi connectivity index (χ3n) is 4.34. The van der Waals surface area contributed by atoms with Crippen LogP contribution in [0.15, 0.2) is 23.8 Å². The quantitative estimate of drug-likeness (QED) is 0.689. The Morgan fingerprint density at radius 1 is 1.39 bits per heavy atom. The second kappa shape index (κ2) is 4.26. The number of rotatable bonds is 0. The average Bonchev–Trinajstić information content (AvgIpc) is 2.50. The largest absolute Gasteiger partial charge is 0.347 e. The number of nitrogens with one attached hydrogen (secondary N) is 1. The molecule has 18 heavy (non-hydrogen) atoms. The maximum absolute atomic E-state index is 12.0. The Balaban J connectivity index is 1.95. The molecule has 3 rings (SSSR count). The molecule has 2 aliphatic heterocycles. The van der Waals surface area contributed by atoms with E-state index in [0.717, 1.165) is 13.0 Å². The van der Waals surface area contributed by atoms with Gasteiger partial charge in [-0.25, -0.2) is 0 Å². The first kappa shape index (κ1) is 11.5. The fraction of sp³-hybridized carbons (Fsp3) is 0.571. The lowest BCUT2D eigenvalue weighted by molar-refractivity contribution is -0.132. The standard InChI is InChI=1S/C14H18N2O2/c1-9-3-2-4-11-10(9)5-6-16-12(11)7-13(17)15-8-14(16)18/h2-4,9-10,12H,5-8H2,1H3,(H,15,17). The lowest BCUT2D eigenvalue weighted by Gasteiger charge is -2.43. The zero-order valence-corrected chi connectivity index (χ0v) is 10.6. The van der Waals surface area contributed by atoms with Crippen LogP contribution in [-0.2, 0) is 9.59 Å². The third-order valence-corrected chi connectivity index (χ3v) is 4.34. The molecule has 3 atom stereocenters. The molecule has 0 radical (unpaired) electrons. The lowest BCUT2D eigenvalue weighted by Crippen LogP contribution is -2.49. The van der Waals surface area contributed by atoms with Gasteiger partial charge in [-0.3, -0.25) is 9.59 Å². The SMILES string of the molecule is CC1C=CC=C2C1CCN1C(=O)CNC(=O)CC21. The van der Waals surface area contributed by atoms with Crippen molar-refractivity contribution in [2.45, 2.75) is 25.8 Å². The van der Waals surface area contributed by atoms with E-state index in [1.807, 2.05) is 4.90 Å². The van der Waals surface area contributed by atoms with Crippen molar-refractivity contribution in [1.29, 1.82) is 0 Å². The van der Waals surface area contributed by atoms with Crippen molar-refractivity contribution in [1.82, 2.24) is 10.2 Å². The molecule has 0 aromatic rings. The molecule has 2 amide bonds. The van der Waals surface area contributed by atoms with Crippen LogP contribution in [0.4, 0.5) is 0 Å². The highest BCUT2D eigenvalue weighted by atomic mass is 16.2. The molecule has 3 aliphatic rings. The molecule has 1 N–H and O–H groups in total. The van der Waals surface area contributed by atoms with E-state index in [1.54, 1.807) is 0 Å². The van der Waals surface area contributed by atoms with Crippen molar-refractivity contribution in [2.24, 2.45) is 11.8 Å². The number of hydrogen-bond donors (Lipinski definition) is 1. The van der Waals surface area contributed by atoms with Gasteiger partial charge in [0.05, 0.1) is 19.0 Å². The number of carbonyl (C=O) groups excluding carboxylic acids is 2. The van der Waals surface area contributed by atoms with Gasteiger partial charge in [0.15, 0.2) is 0 Å². The summed E-state index contributed by atoms with van der Waals surface area (Å²) >= 11 is 0. The van der Waals surface area contributed by atoms with Crippen molar-refractivity contribution in [3.8, 4) is 0 Å². The highest BCUT2D eigenvalue weighted by Crippen LogP contribution is 2.38. The van der Waals surface area contributed by atoms with Crippen LogP contribution in [-0.4, -0.2) is 35.8 Å². The summed E-state index contributed by atoms with van der Waals surface area (Å²) in [5.41, 5.74) is 1.27. The van der Waals surface area contributed by atoms with Gasteiger partial charge >= 0.3 is 0 Å². The van der Waals surface area contributed by atoms with E-state index >= 15 is 0 Å². The first-order chi connectivity index (χ1) is 8.66. The molecule has 0 spiro atoms. The van der Waals surface area contributed by atoms with Crippen LogP contribution < -0.4 is 5.32 Å². The van der Waals surface area contributed by atoms with Crippen molar-refractivity contribution in [3.05, 3.63) is 23.8 Å². The summed E-state index contributed by atoms with van der Waals surface area (Å²) in [4.78, 5) is 25.6. The first-order valence-corrected chi connectivity index (χ1v) is 6.61. The van der Waals surface area contributed by atoms with Crippen molar-refractivity contribution >= 4 is 11.8 Å². The van der Waals surface area contributed by atoms with Crippen molar-refractivity contribution < 1.29 is 9.59 Å². The molecule has 2 fully saturated rings. The first-order valence-electron chi connectivity index (χ1n) is 6.61. The third kappa shape index (κ3) is 1.76. The number of hydrogen-bond acceptors (Lipinski definition) is 2. The molecule has 0 bridgehead atoms. The zero-order chi connectivity index (χ0) is 12.7. The van der Waals surface area contributed by atoms with Gasteiger partial charge in [0, 0.05) is 6.54 Å². The van der Waals surface area contributed by atoms with Crippen LogP contribution >= 0.6 is 0 Å². The Labute approximate surface area is 107 Å². The number of fused-ring (bicyclic) bond motifs is 3. The van der Waals surface area contributed by atoms with E-state index in [4.69, 9.17) is 0 Å². The Hall–Kier alpha value is -1.58. The molecule has 1 aliphatic carbocycles. The maximum Gasteiger partial charge on any atom is 0.242 e. The molecule has 0 aromatic heterocycles. The van der Waals surface area contributed by atoms with Gasteiger partial charge in [-0.1, -0.05) is 25.2 Å². The predicted octanol–water partition coefficient (Wildman–Crippen LogP) is 0.856. The van der Waals surface area contributed by atoms with Gasteiger partial charge in [0.25, 0.3) is 0 Å². The molecular formula is C14H18N2O2. The fourth-order valence-electron chi connectivity index (χ4n) is 3.35. The van der Waals surface area contributed by atoms with Gasteiger partial charge in [0.2, 0.25) is 11.8 Å². The molecule has 0 aromatic carbocycles. The minimum absolute atomic E-state index is 0.0143. The predicted molar refractivity (Wildman–Crippen MR) is 67.6 cm³/mol. The average molecular weight is 246 g/mol. The Morgan fingerprint density at radius 3 is 3.06 bits per heavy atom. The van der Waals surface area contributed by atoms with Gasteiger partial charge in [0.1, 0.15) is 0 Å². The van der Waals surface area contributed by atoms with Crippen LogP contribution in [0, 0.1) is 11.8 Å². The number of nitrogens with zero attached hydrogens (tertiary/aromatic N) is 1. The Morgan fingerprint density at radius 2 is 2.22 bits per heavy atom. The van der Waals surface area contributed by atoms with Crippen molar-refractivity contribution in [2.75, 3.05) is 13.1 Å². The Bertz CT molecular complexity index is 453. The van der Waals surface area contributed by atoms with Crippen LogP contribution in [0.3, 0.4) is 0 Å². The van der Waals surface area contributed by atoms with Gasteiger partial charge in [-0.2, -0.15) is 0 Å². The van der Waals surface area contributed by atoms with Crippen molar-refractivity contribution in [3.63, 3.8) is 0 Å². The molecule has 96 valence electrons. The summed E-state index contributed by atoms with van der Waals surface area (Å²) in [6.45, 7) is 3.14. The summed E-state index contributed by atoms with van der Waals surface area (Å²) in [5, 5.41) is 2.68. The Kier molecular flexibility index (Phi) is 2.73. The van der Waals surface area contributed by atoms with Crippen LogP contribution in [0.1, 0.15) is 19.8 Å². The summed E-state index contributed by atoms with van der Waals surface area (Å²) in [5.74, 6) is 1.04. The molecule has 3 unspecified atom stereocenters. The molecular weight excluding hydrogens is 228 g/mol. The van der Waals surface area contributed by atoms with E-state index in [1.165, 1.54) is 5.57 Å². The lowest BCUT2D eigenvalue weighted by atomic mass is 9.74. The van der Waals surface area contributed by atoms with E-state index in [0.29, 0.717) is 18.3 Å². The smallest absolute Gasteiger partial charge is 0.242 e. The van der Waals surface area contributed by atoms with Crippen LogP contribution in [0.2, 0.25) is 0 Å². The minimum Gasteiger partial charge on any atom is -0.347 e. The monoisotopic (exact) mass is 246 g/mol. The highest BCUT2D eigenvalue weighted by Gasteiger charge is 2.40. The molecule has 4 heteroatoms. The second-order valence-electron chi connectivity index (χ2n) is 5.39. The summed E-state index contributed by atoms with van der Waals surface area (Å²) in [6, 6.07) is -0.0221. The number of piperidine rings is 1. The molecule has 2 saturated heterocycles. The van der Waals surface area contributed by atoms with E-state index < -0.39 is 0 Å². The highest BCUT2D eigenvalue weighted by molar-refractivity contribution is 5.88. The van der Waals surface area contributed by atoms with E-state index in [9.17, 15) is 9.59 Å². The van der Waals surface area contributed by atoms with Gasteiger partial charge in [-0.15, -0.1) is 0 Å². The fourth-order valence-corrected chi connectivity index (χ4v) is 3.35. The molecule has 0 saturated carbocycles. The number of carbonyl (C=O) groups is 2. The normalized spacial score (nSPS) is 35.3. The topological polar surface area (TPSA) is 49.4 Å². The number of allylic oxidation sites excluding steroid dienone is 3. The molecule has 2 heterocycles. The van der Waals surface area contributed by atoms with E-state index in [2.05, 4.69) is 30.5 Å². The van der Waals surface area contributed by atoms with E-state index in [-0.39, 0.29) is 24.4 Å². The molecule has 4 nitrogen and oxygen atoms in total.